The van der Waals surface area contributed by atoms with E-state index in [4.69, 9.17) is 5.73 Å². The van der Waals surface area contributed by atoms with Gasteiger partial charge in [-0.2, -0.15) is 5.10 Å². The van der Waals surface area contributed by atoms with Gasteiger partial charge in [0.05, 0.1) is 11.5 Å². The summed E-state index contributed by atoms with van der Waals surface area (Å²) in [6, 6.07) is 3.97. The molecule has 0 aliphatic carbocycles. The molecule has 0 radical (unpaired) electrons. The van der Waals surface area contributed by atoms with Gasteiger partial charge in [0.1, 0.15) is 17.8 Å². The number of carbonyl (C=O) groups is 1. The Balaban J connectivity index is 2.24. The van der Waals surface area contributed by atoms with Crippen molar-refractivity contribution < 1.29 is 9.72 Å². The van der Waals surface area contributed by atoms with Crippen molar-refractivity contribution in [2.75, 3.05) is 5.32 Å². The summed E-state index contributed by atoms with van der Waals surface area (Å²) < 4.78 is 0. The Morgan fingerprint density at radius 2 is 2.32 bits per heavy atom. The monoisotopic (exact) mass is 262 g/mol. The minimum atomic E-state index is -0.718. The zero-order chi connectivity index (χ0) is 13.8. The second kappa shape index (κ2) is 5.12. The lowest BCUT2D eigenvalue weighted by atomic mass is 10.1. The lowest BCUT2D eigenvalue weighted by Gasteiger charge is -2.06. The van der Waals surface area contributed by atoms with Crippen LogP contribution in [-0.4, -0.2) is 26.0 Å². The molecule has 0 bridgehead atoms. The van der Waals surface area contributed by atoms with Crippen molar-refractivity contribution in [2.24, 2.45) is 5.73 Å². The lowest BCUT2D eigenvalue weighted by molar-refractivity contribution is -0.384. The molecule has 0 fully saturated rings. The van der Waals surface area contributed by atoms with Crippen molar-refractivity contribution >= 4 is 17.3 Å². The molecule has 9 nitrogen and oxygen atoms in total. The number of amides is 1. The van der Waals surface area contributed by atoms with E-state index in [1.165, 1.54) is 18.5 Å². The Bertz CT molecular complexity index is 610. The minimum Gasteiger partial charge on any atom is -0.372 e. The highest BCUT2D eigenvalue weighted by Crippen LogP contribution is 2.25. The summed E-state index contributed by atoms with van der Waals surface area (Å²) in [7, 11) is 0. The largest absolute Gasteiger partial charge is 0.372 e. The molecule has 98 valence electrons. The van der Waals surface area contributed by atoms with Gasteiger partial charge in [0, 0.05) is 11.6 Å². The number of carbonyl (C=O) groups excluding carboxylic acids is 1. The molecule has 0 aliphatic rings. The number of nitro groups is 1. The van der Waals surface area contributed by atoms with Crippen molar-refractivity contribution in [1.82, 2.24) is 15.2 Å². The van der Waals surface area contributed by atoms with Crippen molar-refractivity contribution in [3.63, 3.8) is 0 Å². The zero-order valence-electron chi connectivity index (χ0n) is 9.66. The summed E-state index contributed by atoms with van der Waals surface area (Å²) in [5.74, 6) is -0.182. The number of hydrogen-bond acceptors (Lipinski definition) is 6. The number of nitro benzene ring substituents is 1. The number of benzene rings is 1. The van der Waals surface area contributed by atoms with Crippen LogP contribution in [0.4, 0.5) is 11.4 Å². The standard InChI is InChI=1S/C10H10N6O3/c11-10(17)6-1-2-7(8(3-6)16(18)19)12-4-9-13-5-14-15-9/h1-3,5,12H,4H2,(H2,11,17)(H,13,14,15). The molecule has 9 heteroatoms. The van der Waals surface area contributed by atoms with E-state index in [9.17, 15) is 14.9 Å². The fourth-order valence-corrected chi connectivity index (χ4v) is 1.48. The van der Waals surface area contributed by atoms with Crippen molar-refractivity contribution in [3.8, 4) is 0 Å². The highest BCUT2D eigenvalue weighted by molar-refractivity contribution is 5.94. The van der Waals surface area contributed by atoms with E-state index in [-0.39, 0.29) is 23.5 Å². The second-order valence-corrected chi connectivity index (χ2v) is 3.64. The Labute approximate surface area is 107 Å². The van der Waals surface area contributed by atoms with E-state index >= 15 is 0 Å². The fourth-order valence-electron chi connectivity index (χ4n) is 1.48. The first kappa shape index (κ1) is 12.5. The first-order chi connectivity index (χ1) is 9.08. The van der Waals surface area contributed by atoms with E-state index in [1.807, 2.05) is 0 Å². The normalized spacial score (nSPS) is 10.1. The molecule has 1 amide bonds. The van der Waals surface area contributed by atoms with Crippen LogP contribution < -0.4 is 11.1 Å². The topological polar surface area (TPSA) is 140 Å². The van der Waals surface area contributed by atoms with E-state index in [0.717, 1.165) is 6.07 Å². The Hall–Kier alpha value is -2.97. The number of anilines is 1. The predicted octanol–water partition coefficient (Wildman–Crippen LogP) is 0.424. The lowest BCUT2D eigenvalue weighted by Crippen LogP contribution is -2.12. The van der Waals surface area contributed by atoms with Crippen LogP contribution in [0.3, 0.4) is 0 Å². The van der Waals surface area contributed by atoms with Gasteiger partial charge in [0.25, 0.3) is 5.69 Å². The molecule has 0 atom stereocenters. The Kier molecular flexibility index (Phi) is 3.37. The van der Waals surface area contributed by atoms with Crippen LogP contribution in [-0.2, 0) is 6.54 Å². The molecule has 2 aromatic rings. The number of nitrogens with one attached hydrogen (secondary N) is 2. The molecule has 19 heavy (non-hydrogen) atoms. The van der Waals surface area contributed by atoms with Crippen molar-refractivity contribution in [2.45, 2.75) is 6.54 Å². The van der Waals surface area contributed by atoms with E-state index in [1.54, 1.807) is 0 Å². The van der Waals surface area contributed by atoms with Gasteiger partial charge in [0.15, 0.2) is 0 Å². The zero-order valence-corrected chi connectivity index (χ0v) is 9.66. The van der Waals surface area contributed by atoms with E-state index < -0.39 is 10.8 Å². The summed E-state index contributed by atoms with van der Waals surface area (Å²) in [5, 5.41) is 20.0. The SMILES string of the molecule is NC(=O)c1ccc(NCc2ncn[nH]2)c([N+](=O)[O-])c1. The average molecular weight is 262 g/mol. The molecule has 0 unspecified atom stereocenters. The third-order valence-electron chi connectivity index (χ3n) is 2.39. The Morgan fingerprint density at radius 1 is 1.53 bits per heavy atom. The average Bonchev–Trinajstić information content (AvgIpc) is 2.89. The molecule has 0 spiro atoms. The summed E-state index contributed by atoms with van der Waals surface area (Å²) >= 11 is 0. The first-order valence-corrected chi connectivity index (χ1v) is 5.24. The number of hydrogen-bond donors (Lipinski definition) is 3. The highest BCUT2D eigenvalue weighted by Gasteiger charge is 2.16. The van der Waals surface area contributed by atoms with Gasteiger partial charge in [-0.1, -0.05) is 0 Å². The quantitative estimate of drug-likeness (QED) is 0.527. The number of primary amides is 1. The first-order valence-electron chi connectivity index (χ1n) is 5.24. The van der Waals surface area contributed by atoms with E-state index in [0.29, 0.717) is 5.82 Å². The van der Waals surface area contributed by atoms with Gasteiger partial charge in [-0.25, -0.2) is 4.98 Å². The molecule has 1 aromatic carbocycles. The number of aromatic nitrogens is 3. The molecule has 2 rings (SSSR count). The molecular weight excluding hydrogens is 252 g/mol. The minimum absolute atomic E-state index is 0.0805. The van der Waals surface area contributed by atoms with Crippen molar-refractivity contribution in [3.05, 3.63) is 46.0 Å². The molecule has 4 N–H and O–H groups in total. The maximum atomic E-state index is 11.0. The summed E-state index contributed by atoms with van der Waals surface area (Å²) in [4.78, 5) is 25.2. The van der Waals surface area contributed by atoms with Gasteiger partial charge in [-0.3, -0.25) is 20.0 Å². The fraction of sp³-hybridized carbons (Fsp3) is 0.100. The number of H-pyrrole nitrogens is 1. The highest BCUT2D eigenvalue weighted by atomic mass is 16.6. The summed E-state index contributed by atoms with van der Waals surface area (Å²) in [6.07, 6.45) is 1.33. The molecule has 1 aromatic heterocycles. The van der Waals surface area contributed by atoms with Gasteiger partial charge < -0.3 is 11.1 Å². The maximum Gasteiger partial charge on any atom is 0.293 e. The molecule has 1 heterocycles. The maximum absolute atomic E-state index is 11.0. The van der Waals surface area contributed by atoms with Gasteiger partial charge >= 0.3 is 0 Å². The van der Waals surface area contributed by atoms with Gasteiger partial charge in [-0.15, -0.1) is 0 Å². The van der Waals surface area contributed by atoms with Crippen molar-refractivity contribution in [1.29, 1.82) is 0 Å². The molecule has 0 saturated heterocycles. The van der Waals surface area contributed by atoms with Crippen LogP contribution in [0.5, 0.6) is 0 Å². The predicted molar refractivity (Wildman–Crippen MR) is 65.3 cm³/mol. The van der Waals surface area contributed by atoms with Crippen LogP contribution in [0.25, 0.3) is 0 Å². The van der Waals surface area contributed by atoms with Crippen LogP contribution in [0, 0.1) is 10.1 Å². The van der Waals surface area contributed by atoms with Crippen LogP contribution in [0.15, 0.2) is 24.5 Å². The third kappa shape index (κ3) is 2.83. The number of rotatable bonds is 5. The van der Waals surface area contributed by atoms with Crippen LogP contribution in [0.2, 0.25) is 0 Å². The summed E-state index contributed by atoms with van der Waals surface area (Å²) in [5.41, 5.74) is 5.20. The summed E-state index contributed by atoms with van der Waals surface area (Å²) in [6.45, 7) is 0.247. The van der Waals surface area contributed by atoms with Crippen LogP contribution in [0.1, 0.15) is 16.2 Å². The molecular formula is C10H10N6O3. The Morgan fingerprint density at radius 3 is 2.89 bits per heavy atom. The number of nitrogens with two attached hydrogens (primary N) is 1. The number of nitrogens with zero attached hydrogens (tertiary/aromatic N) is 3. The smallest absolute Gasteiger partial charge is 0.293 e. The van der Waals surface area contributed by atoms with E-state index in [2.05, 4.69) is 20.5 Å². The van der Waals surface area contributed by atoms with Crippen LogP contribution >= 0.6 is 0 Å². The number of aromatic amines is 1. The molecule has 0 aliphatic heterocycles. The third-order valence-corrected chi connectivity index (χ3v) is 2.39. The molecule has 0 saturated carbocycles. The van der Waals surface area contributed by atoms with Gasteiger partial charge in [-0.05, 0) is 12.1 Å². The second-order valence-electron chi connectivity index (χ2n) is 3.64. The van der Waals surface area contributed by atoms with Gasteiger partial charge in [0.2, 0.25) is 5.91 Å².